The van der Waals surface area contributed by atoms with E-state index in [4.69, 9.17) is 0 Å². The van der Waals surface area contributed by atoms with E-state index in [0.29, 0.717) is 28.1 Å². The van der Waals surface area contributed by atoms with Crippen LogP contribution in [-0.2, 0) is 0 Å². The van der Waals surface area contributed by atoms with E-state index in [0.717, 1.165) is 0 Å². The summed E-state index contributed by atoms with van der Waals surface area (Å²) in [6, 6.07) is 14.3. The minimum atomic E-state index is -0.280. The number of aromatic nitrogens is 4. The molecule has 0 amide bonds. The Morgan fingerprint density at radius 2 is 1.80 bits per heavy atom. The summed E-state index contributed by atoms with van der Waals surface area (Å²) in [6.07, 6.45) is 3.04. The Bertz CT molecular complexity index is 1070. The molecule has 4 rings (SSSR count). The Morgan fingerprint density at radius 3 is 2.52 bits per heavy atom. The van der Waals surface area contributed by atoms with Crippen molar-refractivity contribution in [1.29, 1.82) is 0 Å². The number of hydrogen-bond acceptors (Lipinski definition) is 5. The Kier molecular flexibility index (Phi) is 3.50. The Labute approximate surface area is 143 Å². The quantitative estimate of drug-likeness (QED) is 0.584. The maximum atomic E-state index is 12.7. The molecule has 122 valence electrons. The van der Waals surface area contributed by atoms with Crippen molar-refractivity contribution >= 4 is 16.8 Å². The summed E-state index contributed by atoms with van der Waals surface area (Å²) in [5.74, 6) is 0.200. The number of aromatic hydroxyl groups is 1. The highest BCUT2D eigenvalue weighted by Crippen LogP contribution is 2.32. The zero-order valence-corrected chi connectivity index (χ0v) is 13.4. The van der Waals surface area contributed by atoms with Crippen molar-refractivity contribution < 1.29 is 9.90 Å². The second-order valence-electron chi connectivity index (χ2n) is 5.60. The number of fused-ring (bicyclic) bond motifs is 1. The molecule has 25 heavy (non-hydrogen) atoms. The molecule has 0 unspecified atom stereocenters. The van der Waals surface area contributed by atoms with E-state index in [1.807, 2.05) is 18.2 Å². The van der Waals surface area contributed by atoms with Gasteiger partial charge in [0.1, 0.15) is 5.75 Å². The minimum Gasteiger partial charge on any atom is -0.506 e. The van der Waals surface area contributed by atoms with Crippen LogP contribution < -0.4 is 0 Å². The maximum absolute atomic E-state index is 12.7. The molecule has 3 aromatic heterocycles. The molecule has 0 saturated heterocycles. The molecule has 0 aliphatic rings. The lowest BCUT2D eigenvalue weighted by molar-refractivity contribution is 0.103. The molecule has 1 aromatic carbocycles. The number of carbonyl (C=O) groups excluding carboxylic acids is 1. The van der Waals surface area contributed by atoms with Crippen LogP contribution in [0.2, 0.25) is 0 Å². The van der Waals surface area contributed by atoms with Crippen molar-refractivity contribution in [1.82, 2.24) is 19.7 Å². The molecule has 6 heteroatoms. The van der Waals surface area contributed by atoms with E-state index in [1.165, 1.54) is 6.20 Å². The third-order valence-electron chi connectivity index (χ3n) is 3.99. The lowest BCUT2D eigenvalue weighted by Crippen LogP contribution is -2.04. The molecule has 6 nitrogen and oxygen atoms in total. The molecule has 0 spiro atoms. The molecule has 0 aliphatic heterocycles. The smallest absolute Gasteiger partial charge is 0.198 e. The lowest BCUT2D eigenvalue weighted by Gasteiger charge is -2.06. The molecular weight excluding hydrogens is 316 g/mol. The van der Waals surface area contributed by atoms with E-state index < -0.39 is 0 Å². The van der Waals surface area contributed by atoms with Crippen LogP contribution in [0.1, 0.15) is 21.6 Å². The predicted octanol–water partition coefficient (Wildman–Crippen LogP) is 3.06. The normalized spacial score (nSPS) is 10.9. The minimum absolute atomic E-state index is 0.112. The monoisotopic (exact) mass is 330 g/mol. The zero-order chi connectivity index (χ0) is 17.4. The van der Waals surface area contributed by atoms with Crippen LogP contribution in [0.3, 0.4) is 0 Å². The highest BCUT2D eigenvalue weighted by Gasteiger charge is 2.21. The fraction of sp³-hybridized carbons (Fsp3) is 0.0526. The first-order valence-electron chi connectivity index (χ1n) is 7.75. The summed E-state index contributed by atoms with van der Waals surface area (Å²) in [5.41, 5.74) is 1.68. The second kappa shape index (κ2) is 5.83. The van der Waals surface area contributed by atoms with Gasteiger partial charge in [-0.3, -0.25) is 4.79 Å². The molecule has 1 N–H and O–H groups in total. The largest absolute Gasteiger partial charge is 0.506 e. The summed E-state index contributed by atoms with van der Waals surface area (Å²) in [5, 5.41) is 15.6. The highest BCUT2D eigenvalue weighted by molar-refractivity contribution is 6.13. The third kappa shape index (κ3) is 2.44. The summed E-state index contributed by atoms with van der Waals surface area (Å²) < 4.78 is 1.56. The average molecular weight is 330 g/mol. The highest BCUT2D eigenvalue weighted by atomic mass is 16.3. The van der Waals surface area contributed by atoms with E-state index in [9.17, 15) is 9.90 Å². The van der Waals surface area contributed by atoms with Gasteiger partial charge in [-0.1, -0.05) is 36.4 Å². The van der Waals surface area contributed by atoms with Crippen LogP contribution in [0, 0.1) is 6.92 Å². The van der Waals surface area contributed by atoms with Crippen LogP contribution in [0.5, 0.6) is 5.75 Å². The van der Waals surface area contributed by atoms with Crippen molar-refractivity contribution in [3.8, 4) is 11.6 Å². The van der Waals surface area contributed by atoms with E-state index >= 15 is 0 Å². The summed E-state index contributed by atoms with van der Waals surface area (Å²) in [7, 11) is 0. The molecule has 4 aromatic rings. The van der Waals surface area contributed by atoms with Gasteiger partial charge in [0.05, 0.1) is 16.6 Å². The van der Waals surface area contributed by atoms with Crippen molar-refractivity contribution in [2.45, 2.75) is 6.92 Å². The van der Waals surface area contributed by atoms with Crippen molar-refractivity contribution in [2.75, 3.05) is 0 Å². The first-order chi connectivity index (χ1) is 12.2. The molecule has 0 aliphatic carbocycles. The fourth-order valence-corrected chi connectivity index (χ4v) is 2.78. The van der Waals surface area contributed by atoms with Gasteiger partial charge >= 0.3 is 0 Å². The Morgan fingerprint density at radius 1 is 1.04 bits per heavy atom. The molecular formula is C19H14N4O2. The van der Waals surface area contributed by atoms with Crippen LogP contribution in [0.15, 0.2) is 60.9 Å². The number of hydrogen-bond donors (Lipinski definition) is 1. The summed E-state index contributed by atoms with van der Waals surface area (Å²) >= 11 is 0. The third-order valence-corrected chi connectivity index (χ3v) is 3.99. The van der Waals surface area contributed by atoms with Gasteiger partial charge in [0, 0.05) is 18.0 Å². The average Bonchev–Trinajstić information content (AvgIpc) is 3.00. The zero-order valence-electron chi connectivity index (χ0n) is 13.4. The topological polar surface area (TPSA) is 80.9 Å². The van der Waals surface area contributed by atoms with Gasteiger partial charge < -0.3 is 5.11 Å². The molecule has 0 radical (unpaired) electrons. The standard InChI is InChI=1S/C19H14N4O2/c1-12-16-18(25)14(17(24)13-7-3-2-4-8-13)11-21-19(16)23(22-12)15-9-5-6-10-20-15/h2-11H,1H3,(H,21,25). The SMILES string of the molecule is Cc1nn(-c2ccccn2)c2ncc(C(=O)c3ccccc3)c(O)c12. The van der Waals surface area contributed by atoms with Crippen LogP contribution in [0.25, 0.3) is 16.9 Å². The first kappa shape index (κ1) is 15.0. The second-order valence-corrected chi connectivity index (χ2v) is 5.60. The fourth-order valence-electron chi connectivity index (χ4n) is 2.78. The first-order valence-corrected chi connectivity index (χ1v) is 7.75. The van der Waals surface area contributed by atoms with Gasteiger partial charge in [0.2, 0.25) is 0 Å². The molecule has 0 saturated carbocycles. The number of rotatable bonds is 3. The maximum Gasteiger partial charge on any atom is 0.198 e. The van der Waals surface area contributed by atoms with Gasteiger partial charge in [0.15, 0.2) is 17.2 Å². The van der Waals surface area contributed by atoms with Crippen LogP contribution in [0.4, 0.5) is 0 Å². The number of nitrogens with zero attached hydrogens (tertiary/aromatic N) is 4. The van der Waals surface area contributed by atoms with Gasteiger partial charge in [-0.15, -0.1) is 0 Å². The number of ketones is 1. The lowest BCUT2D eigenvalue weighted by atomic mass is 10.0. The van der Waals surface area contributed by atoms with Gasteiger partial charge in [-0.25, -0.2) is 9.97 Å². The Hall–Kier alpha value is -3.54. The van der Waals surface area contributed by atoms with E-state index in [-0.39, 0.29) is 17.1 Å². The van der Waals surface area contributed by atoms with Gasteiger partial charge in [-0.05, 0) is 19.1 Å². The van der Waals surface area contributed by atoms with Gasteiger partial charge in [-0.2, -0.15) is 9.78 Å². The predicted molar refractivity (Wildman–Crippen MR) is 92.9 cm³/mol. The summed E-state index contributed by atoms with van der Waals surface area (Å²) in [4.78, 5) is 21.3. The van der Waals surface area contributed by atoms with Crippen molar-refractivity contribution in [3.63, 3.8) is 0 Å². The van der Waals surface area contributed by atoms with Crippen molar-refractivity contribution in [2.24, 2.45) is 0 Å². The van der Waals surface area contributed by atoms with Gasteiger partial charge in [0.25, 0.3) is 0 Å². The number of pyridine rings is 2. The number of aryl methyl sites for hydroxylation is 1. The number of benzene rings is 1. The Balaban J connectivity index is 1.90. The molecule has 3 heterocycles. The van der Waals surface area contributed by atoms with Crippen LogP contribution >= 0.6 is 0 Å². The summed E-state index contributed by atoms with van der Waals surface area (Å²) in [6.45, 7) is 1.76. The molecule has 0 fully saturated rings. The van der Waals surface area contributed by atoms with Crippen LogP contribution in [-0.4, -0.2) is 30.6 Å². The molecule has 0 atom stereocenters. The number of carbonyl (C=O) groups is 1. The van der Waals surface area contributed by atoms with Crippen molar-refractivity contribution in [3.05, 3.63) is 77.7 Å². The molecule has 0 bridgehead atoms. The van der Waals surface area contributed by atoms with E-state index in [2.05, 4.69) is 15.1 Å². The van der Waals surface area contributed by atoms with E-state index in [1.54, 1.807) is 48.1 Å².